The number of aliphatic carboxylic acids is 1. The van der Waals surface area contributed by atoms with E-state index in [0.29, 0.717) is 25.3 Å². The van der Waals surface area contributed by atoms with Crippen molar-refractivity contribution < 1.29 is 41.8 Å². The molecule has 34 heavy (non-hydrogen) atoms. The van der Waals surface area contributed by atoms with Gasteiger partial charge in [0.25, 0.3) is 0 Å². The fourth-order valence-electron chi connectivity index (χ4n) is 3.64. The molecule has 188 valence electrons. The molecule has 2 atom stereocenters. The highest BCUT2D eigenvalue weighted by Crippen LogP contribution is 2.40. The van der Waals surface area contributed by atoms with Crippen LogP contribution in [0.25, 0.3) is 0 Å². The molecule has 0 radical (unpaired) electrons. The standard InChI is InChI=1S/C21H26FNO3S.C2HF3O2/c1-14(24)27-19-9-11-23(13-16(19)10-12-26-2)20(21(25)15-7-8-15)17-5-3-4-6-18(17)22;3-2(4,5)1(6)7/h3-6,10,15,19-20H,7-9,11-13H2,1-2H3;(H,6,7)/b16-10+;. The average molecular weight is 506 g/mol. The van der Waals surface area contributed by atoms with Crippen molar-refractivity contribution in [2.45, 2.75) is 43.7 Å². The molecule has 6 nitrogen and oxygen atoms in total. The summed E-state index contributed by atoms with van der Waals surface area (Å²) in [6, 6.07) is 6.01. The molecule has 2 aliphatic rings. The Hall–Kier alpha value is -2.24. The zero-order chi connectivity index (χ0) is 25.5. The van der Waals surface area contributed by atoms with E-state index in [4.69, 9.17) is 14.6 Å². The SMILES string of the molecule is COC/C=C1\CN(C(C(=O)C2CC2)c2ccccc2F)CCC1SC(C)=O.O=C(O)C(F)(F)F. The number of benzene rings is 1. The van der Waals surface area contributed by atoms with E-state index in [1.807, 2.05) is 6.08 Å². The Labute approximate surface area is 199 Å². The molecule has 11 heteroatoms. The van der Waals surface area contributed by atoms with E-state index in [1.165, 1.54) is 17.8 Å². The summed E-state index contributed by atoms with van der Waals surface area (Å²) in [5.41, 5.74) is 1.53. The molecule has 1 N–H and O–H groups in total. The van der Waals surface area contributed by atoms with Gasteiger partial charge in [-0.15, -0.1) is 0 Å². The Morgan fingerprint density at radius 1 is 1.24 bits per heavy atom. The minimum Gasteiger partial charge on any atom is -0.475 e. The molecule has 1 aliphatic heterocycles. The molecule has 0 aromatic heterocycles. The van der Waals surface area contributed by atoms with Gasteiger partial charge in [-0.1, -0.05) is 36.0 Å². The van der Waals surface area contributed by atoms with Gasteiger partial charge in [0.05, 0.1) is 12.6 Å². The van der Waals surface area contributed by atoms with Crippen molar-refractivity contribution in [3.63, 3.8) is 0 Å². The van der Waals surface area contributed by atoms with Crippen molar-refractivity contribution in [1.29, 1.82) is 0 Å². The number of rotatable bonds is 7. The van der Waals surface area contributed by atoms with Crippen molar-refractivity contribution in [1.82, 2.24) is 4.90 Å². The quantitative estimate of drug-likeness (QED) is 0.434. The lowest BCUT2D eigenvalue weighted by Gasteiger charge is -2.38. The number of ether oxygens (including phenoxy) is 1. The topological polar surface area (TPSA) is 83.9 Å². The van der Waals surface area contributed by atoms with Gasteiger partial charge in [-0.25, -0.2) is 9.18 Å². The molecule has 1 heterocycles. The van der Waals surface area contributed by atoms with Crippen LogP contribution < -0.4 is 0 Å². The highest BCUT2D eigenvalue weighted by molar-refractivity contribution is 8.14. The zero-order valence-corrected chi connectivity index (χ0v) is 19.6. The number of halogens is 4. The number of Topliss-reactive ketones (excluding diaryl/α,β-unsaturated/α-hetero) is 1. The number of alkyl halides is 3. The maximum atomic E-state index is 14.5. The highest BCUT2D eigenvalue weighted by Gasteiger charge is 2.41. The van der Waals surface area contributed by atoms with Crippen LogP contribution in [0.15, 0.2) is 35.9 Å². The summed E-state index contributed by atoms with van der Waals surface area (Å²) in [6.45, 7) is 3.24. The molecule has 1 saturated heterocycles. The number of carbonyl (C=O) groups excluding carboxylic acids is 2. The fraction of sp³-hybridized carbons (Fsp3) is 0.522. The molecular weight excluding hydrogens is 478 g/mol. The summed E-state index contributed by atoms with van der Waals surface area (Å²) in [5.74, 6) is -2.93. The average Bonchev–Trinajstić information content (AvgIpc) is 3.60. The number of methoxy groups -OCH3 is 1. The van der Waals surface area contributed by atoms with Crippen LogP contribution in [-0.2, 0) is 19.1 Å². The lowest BCUT2D eigenvalue weighted by Crippen LogP contribution is -2.43. The summed E-state index contributed by atoms with van der Waals surface area (Å²) in [5, 5.41) is 7.29. The van der Waals surface area contributed by atoms with Gasteiger partial charge in [-0.3, -0.25) is 14.5 Å². The molecule has 0 spiro atoms. The summed E-state index contributed by atoms with van der Waals surface area (Å²) in [4.78, 5) is 35.6. The number of thioether (sulfide) groups is 1. The first-order valence-corrected chi connectivity index (χ1v) is 11.5. The number of ketones is 1. The second kappa shape index (κ2) is 12.5. The molecule has 2 fully saturated rings. The second-order valence-corrected chi connectivity index (χ2v) is 9.37. The first-order valence-electron chi connectivity index (χ1n) is 10.6. The Kier molecular flexibility index (Phi) is 10.3. The number of carboxylic acids is 1. The van der Waals surface area contributed by atoms with Gasteiger partial charge in [0.1, 0.15) is 5.82 Å². The summed E-state index contributed by atoms with van der Waals surface area (Å²) in [7, 11) is 1.63. The molecule has 0 amide bonds. The molecule has 2 unspecified atom stereocenters. The fourth-order valence-corrected chi connectivity index (χ4v) is 4.59. The predicted octanol–water partition coefficient (Wildman–Crippen LogP) is 4.41. The summed E-state index contributed by atoms with van der Waals surface area (Å²) in [6.07, 6.45) is -0.547. The van der Waals surface area contributed by atoms with Crippen LogP contribution in [0.5, 0.6) is 0 Å². The molecule has 1 aliphatic carbocycles. The maximum absolute atomic E-state index is 14.5. The molecule has 1 saturated carbocycles. The normalized spacial score (nSPS) is 20.9. The third-order valence-corrected chi connectivity index (χ3v) is 6.51. The van der Waals surface area contributed by atoms with Crippen LogP contribution in [0.3, 0.4) is 0 Å². The van der Waals surface area contributed by atoms with Gasteiger partial charge in [-0.2, -0.15) is 13.2 Å². The Morgan fingerprint density at radius 2 is 1.85 bits per heavy atom. The van der Waals surface area contributed by atoms with Gasteiger partial charge in [0.2, 0.25) is 0 Å². The van der Waals surface area contributed by atoms with Crippen LogP contribution in [0, 0.1) is 11.7 Å². The number of nitrogens with zero attached hydrogens (tertiary/aromatic N) is 1. The molecule has 3 rings (SSSR count). The van der Waals surface area contributed by atoms with E-state index in [-0.39, 0.29) is 27.9 Å². The van der Waals surface area contributed by atoms with Crippen LogP contribution in [0.1, 0.15) is 37.8 Å². The van der Waals surface area contributed by atoms with Crippen molar-refractivity contribution >= 4 is 28.6 Å². The summed E-state index contributed by atoms with van der Waals surface area (Å²) >= 11 is 1.33. The van der Waals surface area contributed by atoms with Gasteiger partial charge >= 0.3 is 12.1 Å². The Morgan fingerprint density at radius 3 is 2.35 bits per heavy atom. The van der Waals surface area contributed by atoms with Crippen molar-refractivity contribution in [3.05, 3.63) is 47.3 Å². The van der Waals surface area contributed by atoms with E-state index in [2.05, 4.69) is 4.90 Å². The third-order valence-electron chi connectivity index (χ3n) is 5.35. The van der Waals surface area contributed by atoms with Gasteiger partial charge in [0.15, 0.2) is 10.9 Å². The van der Waals surface area contributed by atoms with Crippen LogP contribution in [-0.4, -0.2) is 65.1 Å². The molecule has 0 bridgehead atoms. The molecular formula is C23H27F4NO5S. The Balaban J connectivity index is 0.000000509. The van der Waals surface area contributed by atoms with Crippen LogP contribution in [0.4, 0.5) is 17.6 Å². The first kappa shape index (κ1) is 28.0. The number of likely N-dealkylation sites (tertiary alicyclic amines) is 1. The molecule has 1 aromatic carbocycles. The van der Waals surface area contributed by atoms with Gasteiger partial charge in [-0.05, 0) is 30.9 Å². The van der Waals surface area contributed by atoms with E-state index in [0.717, 1.165) is 24.8 Å². The number of carbonyl (C=O) groups is 3. The van der Waals surface area contributed by atoms with Crippen molar-refractivity contribution in [2.75, 3.05) is 26.8 Å². The predicted molar refractivity (Wildman–Crippen MR) is 119 cm³/mol. The zero-order valence-electron chi connectivity index (χ0n) is 18.8. The number of hydrogen-bond donors (Lipinski definition) is 1. The highest BCUT2D eigenvalue weighted by atomic mass is 32.2. The van der Waals surface area contributed by atoms with Gasteiger partial charge < -0.3 is 9.84 Å². The first-order chi connectivity index (χ1) is 16.0. The smallest absolute Gasteiger partial charge is 0.475 e. The van der Waals surface area contributed by atoms with Crippen LogP contribution in [0.2, 0.25) is 0 Å². The lowest BCUT2D eigenvalue weighted by molar-refractivity contribution is -0.192. The number of piperidine rings is 1. The number of hydrogen-bond acceptors (Lipinski definition) is 6. The van der Waals surface area contributed by atoms with E-state index in [9.17, 15) is 27.2 Å². The number of carboxylic acid groups (broad SMARTS) is 1. The second-order valence-electron chi connectivity index (χ2n) is 8.00. The minimum absolute atomic E-state index is 0.0466. The largest absolute Gasteiger partial charge is 0.490 e. The van der Waals surface area contributed by atoms with E-state index < -0.39 is 18.2 Å². The van der Waals surface area contributed by atoms with Gasteiger partial charge in [0, 0.05) is 43.9 Å². The monoisotopic (exact) mass is 505 g/mol. The van der Waals surface area contributed by atoms with Crippen molar-refractivity contribution in [2.24, 2.45) is 5.92 Å². The third kappa shape index (κ3) is 8.21. The Bertz CT molecular complexity index is 917. The maximum Gasteiger partial charge on any atom is 0.490 e. The van der Waals surface area contributed by atoms with Crippen molar-refractivity contribution in [3.8, 4) is 0 Å². The lowest BCUT2D eigenvalue weighted by atomic mass is 9.93. The minimum atomic E-state index is -5.08. The summed E-state index contributed by atoms with van der Waals surface area (Å²) < 4.78 is 51.4. The van der Waals surface area contributed by atoms with Crippen LogP contribution >= 0.6 is 11.8 Å². The molecule has 1 aromatic rings. The van der Waals surface area contributed by atoms with E-state index >= 15 is 0 Å². The van der Waals surface area contributed by atoms with E-state index in [1.54, 1.807) is 32.2 Å².